The molecule has 2 atom stereocenters. The fourth-order valence-electron chi connectivity index (χ4n) is 4.87. The quantitative estimate of drug-likeness (QED) is 0.516. The lowest BCUT2D eigenvalue weighted by molar-refractivity contribution is 0.0986. The second kappa shape index (κ2) is 6.40. The van der Waals surface area contributed by atoms with Crippen LogP contribution in [0.1, 0.15) is 42.1 Å². The number of H-pyrrole nitrogens is 1. The number of benzene rings is 1. The average Bonchev–Trinajstić information content (AvgIpc) is 3.15. The zero-order valence-corrected chi connectivity index (χ0v) is 17.4. The van der Waals surface area contributed by atoms with E-state index >= 15 is 0 Å². The fraction of sp³-hybridized carbons (Fsp3) is 0.455. The number of aromatic amines is 1. The van der Waals surface area contributed by atoms with Crippen LogP contribution >= 0.6 is 0 Å². The van der Waals surface area contributed by atoms with Crippen molar-refractivity contribution in [2.24, 2.45) is 0 Å². The zero-order chi connectivity index (χ0) is 20.5. The Labute approximate surface area is 178 Å². The summed E-state index contributed by atoms with van der Waals surface area (Å²) in [5.74, 6) is 2.92. The van der Waals surface area contributed by atoms with Gasteiger partial charge in [-0.15, -0.1) is 0 Å². The molecule has 0 amide bonds. The molecule has 1 aliphatic carbocycles. The van der Waals surface area contributed by atoms with Crippen LogP contribution in [-0.2, 0) is 11.3 Å². The minimum Gasteiger partial charge on any atom is -0.374 e. The highest BCUT2D eigenvalue weighted by atomic mass is 16.5. The summed E-state index contributed by atoms with van der Waals surface area (Å²) in [5, 5.41) is 8.08. The Morgan fingerprint density at radius 3 is 2.97 bits per heavy atom. The van der Waals surface area contributed by atoms with Crippen LogP contribution in [0.15, 0.2) is 24.4 Å². The normalized spacial score (nSPS) is 22.8. The van der Waals surface area contributed by atoms with E-state index in [9.17, 15) is 0 Å². The molecule has 2 saturated heterocycles. The maximum atomic E-state index is 5.78. The van der Waals surface area contributed by atoms with Gasteiger partial charge in [-0.3, -0.25) is 0 Å². The van der Waals surface area contributed by atoms with E-state index in [4.69, 9.17) is 19.7 Å². The molecule has 0 spiro atoms. The topological polar surface area (TPSA) is 96.3 Å². The molecule has 1 saturated carbocycles. The molecule has 5 heterocycles. The summed E-state index contributed by atoms with van der Waals surface area (Å²) in [6, 6.07) is 6.62. The number of imidazole rings is 1. The molecule has 1 aromatic carbocycles. The lowest BCUT2D eigenvalue weighted by atomic mass is 10.2. The minimum absolute atomic E-state index is 0.299. The molecule has 2 aliphatic heterocycles. The zero-order valence-electron chi connectivity index (χ0n) is 17.4. The maximum Gasteiger partial charge on any atom is 0.231 e. The summed E-state index contributed by atoms with van der Waals surface area (Å²) in [4.78, 5) is 20.3. The summed E-state index contributed by atoms with van der Waals surface area (Å²) in [6.45, 7) is 4.23. The summed E-state index contributed by atoms with van der Waals surface area (Å²) in [6.07, 6.45) is 5.74. The Bertz CT molecular complexity index is 1310. The first-order valence-corrected chi connectivity index (χ1v) is 11.0. The van der Waals surface area contributed by atoms with Crippen LogP contribution in [0.5, 0.6) is 0 Å². The van der Waals surface area contributed by atoms with E-state index in [2.05, 4.69) is 45.4 Å². The predicted octanol–water partition coefficient (Wildman–Crippen LogP) is 2.78. The number of aromatic nitrogens is 6. The molecule has 2 N–H and O–H groups in total. The molecule has 9 nitrogen and oxygen atoms in total. The maximum absolute atomic E-state index is 5.78. The SMILES string of the molecule is Cc1ccc2[nH]c(CNc3nc(N4C[C@H]5C[C@@H]4CO5)nc4c(C5CC5)cnn34)nc2c1. The number of morpholine rings is 1. The minimum atomic E-state index is 0.299. The molecule has 0 unspecified atom stereocenters. The number of hydrogen-bond acceptors (Lipinski definition) is 7. The van der Waals surface area contributed by atoms with Crippen molar-refractivity contribution in [3.05, 3.63) is 41.3 Å². The van der Waals surface area contributed by atoms with Gasteiger partial charge in [0.25, 0.3) is 0 Å². The number of rotatable bonds is 5. The van der Waals surface area contributed by atoms with Crippen molar-refractivity contribution < 1.29 is 4.74 Å². The fourth-order valence-corrected chi connectivity index (χ4v) is 4.87. The van der Waals surface area contributed by atoms with Crippen molar-refractivity contribution in [3.63, 3.8) is 0 Å². The van der Waals surface area contributed by atoms with Gasteiger partial charge < -0.3 is 19.9 Å². The first-order chi connectivity index (χ1) is 15.2. The van der Waals surface area contributed by atoms with Gasteiger partial charge in [0.05, 0.1) is 42.5 Å². The largest absolute Gasteiger partial charge is 0.374 e. The van der Waals surface area contributed by atoms with E-state index in [0.717, 1.165) is 48.0 Å². The molecular formula is C22H24N8O. The number of nitrogens with zero attached hydrogens (tertiary/aromatic N) is 6. The monoisotopic (exact) mass is 416 g/mol. The van der Waals surface area contributed by atoms with Gasteiger partial charge >= 0.3 is 0 Å². The smallest absolute Gasteiger partial charge is 0.231 e. The number of hydrogen-bond donors (Lipinski definition) is 2. The molecule has 4 aromatic rings. The third-order valence-corrected chi connectivity index (χ3v) is 6.66. The molecule has 9 heteroatoms. The van der Waals surface area contributed by atoms with E-state index in [0.29, 0.717) is 30.6 Å². The Morgan fingerprint density at radius 2 is 2.16 bits per heavy atom. The highest BCUT2D eigenvalue weighted by Crippen LogP contribution is 2.42. The van der Waals surface area contributed by atoms with Crippen LogP contribution in [0.25, 0.3) is 16.7 Å². The van der Waals surface area contributed by atoms with E-state index in [1.807, 2.05) is 10.7 Å². The van der Waals surface area contributed by atoms with Crippen LogP contribution in [0.2, 0.25) is 0 Å². The first kappa shape index (κ1) is 17.5. The third kappa shape index (κ3) is 2.87. The second-order valence-corrected chi connectivity index (χ2v) is 9.01. The van der Waals surface area contributed by atoms with Crippen molar-refractivity contribution in [1.82, 2.24) is 29.5 Å². The molecule has 7 rings (SSSR count). The highest BCUT2D eigenvalue weighted by Gasteiger charge is 2.41. The molecule has 0 radical (unpaired) electrons. The van der Waals surface area contributed by atoms with Gasteiger partial charge in [0, 0.05) is 12.1 Å². The third-order valence-electron chi connectivity index (χ3n) is 6.66. The molecule has 2 bridgehead atoms. The second-order valence-electron chi connectivity index (χ2n) is 9.01. The number of ether oxygens (including phenoxy) is 1. The molecule has 158 valence electrons. The Morgan fingerprint density at radius 1 is 1.23 bits per heavy atom. The summed E-state index contributed by atoms with van der Waals surface area (Å²) in [5.41, 5.74) is 5.37. The van der Waals surface area contributed by atoms with E-state index in [1.54, 1.807) is 0 Å². The van der Waals surface area contributed by atoms with Gasteiger partial charge in [0.15, 0.2) is 5.65 Å². The number of nitrogens with one attached hydrogen (secondary N) is 2. The van der Waals surface area contributed by atoms with Crippen molar-refractivity contribution in [3.8, 4) is 0 Å². The van der Waals surface area contributed by atoms with Crippen molar-refractivity contribution in [1.29, 1.82) is 0 Å². The summed E-state index contributed by atoms with van der Waals surface area (Å²) >= 11 is 0. The van der Waals surface area contributed by atoms with Gasteiger partial charge in [0.2, 0.25) is 11.9 Å². The number of anilines is 2. The van der Waals surface area contributed by atoms with Crippen LogP contribution in [-0.4, -0.2) is 54.8 Å². The van der Waals surface area contributed by atoms with Gasteiger partial charge in [-0.1, -0.05) is 6.07 Å². The standard InChI is InChI=1S/C22H24N8O/c1-12-2-5-17-18(6-12)26-19(25-17)9-23-21-28-22(29-10-15-7-14(29)11-31-15)27-20-16(13-3-4-13)8-24-30(20)21/h2,5-6,8,13-15H,3-4,7,9-11H2,1H3,(H,25,26)(H,23,27,28)/t14-,15-/m1/s1. The van der Waals surface area contributed by atoms with E-state index in [-0.39, 0.29) is 0 Å². The summed E-state index contributed by atoms with van der Waals surface area (Å²) in [7, 11) is 0. The number of fused-ring (bicyclic) bond motifs is 4. The Hall–Kier alpha value is -3.20. The van der Waals surface area contributed by atoms with Gasteiger partial charge in [-0.05, 0) is 49.8 Å². The van der Waals surface area contributed by atoms with Gasteiger partial charge in [0.1, 0.15) is 5.82 Å². The summed E-state index contributed by atoms with van der Waals surface area (Å²) < 4.78 is 7.62. The lowest BCUT2D eigenvalue weighted by Gasteiger charge is -2.27. The molecule has 3 fully saturated rings. The molecular weight excluding hydrogens is 392 g/mol. The van der Waals surface area contributed by atoms with Crippen molar-refractivity contribution in [2.75, 3.05) is 23.4 Å². The van der Waals surface area contributed by atoms with Crippen LogP contribution in [0.3, 0.4) is 0 Å². The Kier molecular flexibility index (Phi) is 3.61. The molecule has 3 aromatic heterocycles. The first-order valence-electron chi connectivity index (χ1n) is 11.0. The van der Waals surface area contributed by atoms with Crippen LogP contribution < -0.4 is 10.2 Å². The van der Waals surface area contributed by atoms with Crippen molar-refractivity contribution in [2.45, 2.75) is 50.8 Å². The molecule has 3 aliphatic rings. The average molecular weight is 416 g/mol. The highest BCUT2D eigenvalue weighted by molar-refractivity contribution is 5.75. The van der Waals surface area contributed by atoms with E-state index < -0.39 is 0 Å². The van der Waals surface area contributed by atoms with Crippen molar-refractivity contribution >= 4 is 28.6 Å². The lowest BCUT2D eigenvalue weighted by Crippen LogP contribution is -2.38. The Balaban J connectivity index is 1.25. The van der Waals surface area contributed by atoms with Crippen LogP contribution in [0, 0.1) is 6.92 Å². The van der Waals surface area contributed by atoms with E-state index in [1.165, 1.54) is 24.0 Å². The predicted molar refractivity (Wildman–Crippen MR) is 116 cm³/mol. The molecule has 31 heavy (non-hydrogen) atoms. The number of aryl methyl sites for hydroxylation is 1. The van der Waals surface area contributed by atoms with Crippen LogP contribution in [0.4, 0.5) is 11.9 Å². The van der Waals surface area contributed by atoms with Gasteiger partial charge in [-0.2, -0.15) is 19.6 Å². The van der Waals surface area contributed by atoms with Gasteiger partial charge in [-0.25, -0.2) is 4.98 Å².